The van der Waals surface area contributed by atoms with Crippen molar-refractivity contribution in [2.24, 2.45) is 0 Å². The first-order valence-electron chi connectivity index (χ1n) is 5.50. The number of phenolic OH excluding ortho intramolecular Hbond substituents is 1. The van der Waals surface area contributed by atoms with Crippen LogP contribution >= 0.6 is 0 Å². The standard InChI is InChI=1S/C13H16N2O3/c1-13(2,3)18-12(17)15-8-10-5-4-9(7-14)6-11(10)16/h4-6,16H,8H2,1-3H3,(H,15,17). The highest BCUT2D eigenvalue weighted by Gasteiger charge is 2.16. The lowest BCUT2D eigenvalue weighted by Gasteiger charge is -2.19. The highest BCUT2D eigenvalue weighted by molar-refractivity contribution is 5.67. The first kappa shape index (κ1) is 13.8. The predicted molar refractivity (Wildman–Crippen MR) is 65.9 cm³/mol. The van der Waals surface area contributed by atoms with Gasteiger partial charge in [-0.2, -0.15) is 5.26 Å². The lowest BCUT2D eigenvalue weighted by Crippen LogP contribution is -2.32. The number of benzene rings is 1. The van der Waals surface area contributed by atoms with Crippen LogP contribution in [0.1, 0.15) is 31.9 Å². The fraction of sp³-hybridized carbons (Fsp3) is 0.385. The second kappa shape index (κ2) is 5.41. The fourth-order valence-electron chi connectivity index (χ4n) is 1.26. The van der Waals surface area contributed by atoms with Gasteiger partial charge in [-0.1, -0.05) is 6.07 Å². The van der Waals surface area contributed by atoms with Gasteiger partial charge in [-0.15, -0.1) is 0 Å². The molecule has 0 radical (unpaired) electrons. The molecule has 0 aliphatic carbocycles. The lowest BCUT2D eigenvalue weighted by atomic mass is 10.1. The van der Waals surface area contributed by atoms with Crippen LogP contribution in [0.25, 0.3) is 0 Å². The fourth-order valence-corrected chi connectivity index (χ4v) is 1.26. The van der Waals surface area contributed by atoms with E-state index < -0.39 is 11.7 Å². The minimum atomic E-state index is -0.559. The number of rotatable bonds is 2. The van der Waals surface area contributed by atoms with Crippen molar-refractivity contribution >= 4 is 6.09 Å². The van der Waals surface area contributed by atoms with Crippen molar-refractivity contribution in [1.29, 1.82) is 5.26 Å². The van der Waals surface area contributed by atoms with E-state index in [9.17, 15) is 9.90 Å². The van der Waals surface area contributed by atoms with Crippen LogP contribution in [-0.4, -0.2) is 16.8 Å². The van der Waals surface area contributed by atoms with E-state index in [1.54, 1.807) is 32.9 Å². The molecule has 0 aliphatic rings. The SMILES string of the molecule is CC(C)(C)OC(=O)NCc1ccc(C#N)cc1O. The maximum Gasteiger partial charge on any atom is 0.407 e. The lowest BCUT2D eigenvalue weighted by molar-refractivity contribution is 0.0523. The Kier molecular flexibility index (Phi) is 4.16. The zero-order chi connectivity index (χ0) is 13.8. The van der Waals surface area contributed by atoms with Crippen molar-refractivity contribution in [1.82, 2.24) is 5.32 Å². The molecule has 18 heavy (non-hydrogen) atoms. The molecule has 5 nitrogen and oxygen atoms in total. The van der Waals surface area contributed by atoms with Gasteiger partial charge in [-0.3, -0.25) is 0 Å². The molecule has 0 aromatic heterocycles. The third kappa shape index (κ3) is 4.34. The van der Waals surface area contributed by atoms with Crippen molar-refractivity contribution in [3.8, 4) is 11.8 Å². The number of nitrogens with one attached hydrogen (secondary N) is 1. The molecule has 1 amide bonds. The van der Waals surface area contributed by atoms with Crippen LogP contribution in [0.2, 0.25) is 0 Å². The molecule has 0 aliphatic heterocycles. The number of phenols is 1. The van der Waals surface area contributed by atoms with Gasteiger partial charge in [-0.25, -0.2) is 4.79 Å². The number of nitrogens with zero attached hydrogens (tertiary/aromatic N) is 1. The van der Waals surface area contributed by atoms with Crippen LogP contribution in [0.4, 0.5) is 4.79 Å². The van der Waals surface area contributed by atoms with Gasteiger partial charge < -0.3 is 15.2 Å². The van der Waals surface area contributed by atoms with E-state index >= 15 is 0 Å². The van der Waals surface area contributed by atoms with E-state index in [1.807, 2.05) is 6.07 Å². The summed E-state index contributed by atoms with van der Waals surface area (Å²) in [5, 5.41) is 20.8. The summed E-state index contributed by atoms with van der Waals surface area (Å²) in [7, 11) is 0. The van der Waals surface area contributed by atoms with Crippen LogP contribution in [0.3, 0.4) is 0 Å². The van der Waals surface area contributed by atoms with Crippen molar-refractivity contribution in [2.75, 3.05) is 0 Å². The van der Waals surface area contributed by atoms with Crippen LogP contribution in [0.5, 0.6) is 5.75 Å². The number of ether oxygens (including phenoxy) is 1. The maximum absolute atomic E-state index is 11.4. The highest BCUT2D eigenvalue weighted by Crippen LogP contribution is 2.18. The zero-order valence-corrected chi connectivity index (χ0v) is 10.7. The maximum atomic E-state index is 11.4. The molecule has 1 rings (SSSR count). The van der Waals surface area contributed by atoms with Gasteiger partial charge in [0.05, 0.1) is 11.6 Å². The Morgan fingerprint density at radius 2 is 2.17 bits per heavy atom. The number of amides is 1. The topological polar surface area (TPSA) is 82.3 Å². The zero-order valence-electron chi connectivity index (χ0n) is 10.7. The summed E-state index contributed by atoms with van der Waals surface area (Å²) in [4.78, 5) is 11.4. The number of alkyl carbamates (subject to hydrolysis) is 1. The molecule has 0 atom stereocenters. The molecule has 96 valence electrons. The largest absolute Gasteiger partial charge is 0.508 e. The summed E-state index contributed by atoms with van der Waals surface area (Å²) in [6.45, 7) is 5.45. The van der Waals surface area contributed by atoms with Crippen LogP contribution in [0, 0.1) is 11.3 Å². The highest BCUT2D eigenvalue weighted by atomic mass is 16.6. The molecule has 0 spiro atoms. The second-order valence-electron chi connectivity index (χ2n) is 4.81. The average Bonchev–Trinajstić information content (AvgIpc) is 2.25. The Morgan fingerprint density at radius 1 is 1.50 bits per heavy atom. The minimum absolute atomic E-state index is 0.0230. The molecule has 0 unspecified atom stereocenters. The van der Waals surface area contributed by atoms with Gasteiger partial charge >= 0.3 is 6.09 Å². The van der Waals surface area contributed by atoms with E-state index in [4.69, 9.17) is 10.00 Å². The van der Waals surface area contributed by atoms with Gasteiger partial charge in [0, 0.05) is 12.1 Å². The Morgan fingerprint density at radius 3 is 2.67 bits per heavy atom. The normalized spacial score (nSPS) is 10.6. The summed E-state index contributed by atoms with van der Waals surface area (Å²) in [6, 6.07) is 6.44. The van der Waals surface area contributed by atoms with Crippen molar-refractivity contribution < 1.29 is 14.6 Å². The molecule has 0 heterocycles. The van der Waals surface area contributed by atoms with E-state index in [-0.39, 0.29) is 12.3 Å². The van der Waals surface area contributed by atoms with Crippen molar-refractivity contribution in [2.45, 2.75) is 32.9 Å². The van der Waals surface area contributed by atoms with E-state index in [2.05, 4.69) is 5.32 Å². The molecule has 2 N–H and O–H groups in total. The second-order valence-corrected chi connectivity index (χ2v) is 4.81. The van der Waals surface area contributed by atoms with Gasteiger partial charge in [0.15, 0.2) is 0 Å². The van der Waals surface area contributed by atoms with Crippen molar-refractivity contribution in [3.05, 3.63) is 29.3 Å². The van der Waals surface area contributed by atoms with E-state index in [0.717, 1.165) is 0 Å². The molecule has 0 saturated heterocycles. The van der Waals surface area contributed by atoms with E-state index in [0.29, 0.717) is 11.1 Å². The number of carbonyl (C=O) groups is 1. The molecule has 1 aromatic carbocycles. The molecular weight excluding hydrogens is 232 g/mol. The quantitative estimate of drug-likeness (QED) is 0.841. The number of hydrogen-bond acceptors (Lipinski definition) is 4. The monoisotopic (exact) mass is 248 g/mol. The first-order valence-corrected chi connectivity index (χ1v) is 5.50. The van der Waals surface area contributed by atoms with Crippen LogP contribution in [0.15, 0.2) is 18.2 Å². The number of carbonyl (C=O) groups excluding carboxylic acids is 1. The third-order valence-electron chi connectivity index (χ3n) is 2.04. The number of hydrogen-bond donors (Lipinski definition) is 2. The molecule has 0 saturated carbocycles. The molecule has 1 aromatic rings. The number of aromatic hydroxyl groups is 1. The smallest absolute Gasteiger partial charge is 0.407 e. The Hall–Kier alpha value is -2.22. The summed E-state index contributed by atoms with van der Waals surface area (Å²) in [6.07, 6.45) is -0.550. The Bertz CT molecular complexity index is 484. The van der Waals surface area contributed by atoms with Crippen LogP contribution < -0.4 is 5.32 Å². The Labute approximate surface area is 106 Å². The first-order chi connectivity index (χ1) is 8.31. The van der Waals surface area contributed by atoms with Crippen LogP contribution in [-0.2, 0) is 11.3 Å². The number of nitriles is 1. The van der Waals surface area contributed by atoms with Gasteiger partial charge in [0.25, 0.3) is 0 Å². The summed E-state index contributed by atoms with van der Waals surface area (Å²) in [5.74, 6) is -0.0230. The van der Waals surface area contributed by atoms with Gasteiger partial charge in [0.1, 0.15) is 11.4 Å². The average molecular weight is 248 g/mol. The molecule has 0 bridgehead atoms. The molecule has 0 fully saturated rings. The predicted octanol–water partition coefficient (Wildman–Crippen LogP) is 2.29. The summed E-state index contributed by atoms with van der Waals surface area (Å²) < 4.78 is 5.06. The summed E-state index contributed by atoms with van der Waals surface area (Å²) >= 11 is 0. The summed E-state index contributed by atoms with van der Waals surface area (Å²) in [5.41, 5.74) is 0.338. The van der Waals surface area contributed by atoms with Gasteiger partial charge in [0.2, 0.25) is 0 Å². The minimum Gasteiger partial charge on any atom is -0.508 e. The van der Waals surface area contributed by atoms with Gasteiger partial charge in [-0.05, 0) is 32.9 Å². The molecule has 5 heteroatoms. The van der Waals surface area contributed by atoms with E-state index in [1.165, 1.54) is 6.07 Å². The third-order valence-corrected chi connectivity index (χ3v) is 2.04. The van der Waals surface area contributed by atoms with Crippen molar-refractivity contribution in [3.63, 3.8) is 0 Å². The Balaban J connectivity index is 2.59. The molecular formula is C13H16N2O3.